The molecule has 44 heavy (non-hydrogen) atoms. The molecule has 2 aromatic rings. The third-order valence-electron chi connectivity index (χ3n) is 8.45. The summed E-state index contributed by atoms with van der Waals surface area (Å²) in [7, 11) is 0. The van der Waals surface area contributed by atoms with Crippen LogP contribution >= 0.6 is 23.5 Å². The van der Waals surface area contributed by atoms with Crippen molar-refractivity contribution in [2.45, 2.75) is 84.0 Å². The van der Waals surface area contributed by atoms with Crippen LogP contribution in [0.3, 0.4) is 0 Å². The molecule has 1 aliphatic heterocycles. The van der Waals surface area contributed by atoms with E-state index in [1.54, 1.807) is 24.8 Å². The lowest BCUT2D eigenvalue weighted by molar-refractivity contribution is -0.110. The highest BCUT2D eigenvalue weighted by atomic mass is 32.2. The predicted octanol–water partition coefficient (Wildman–Crippen LogP) is 9.97. The van der Waals surface area contributed by atoms with Crippen LogP contribution in [-0.2, 0) is 0 Å². The van der Waals surface area contributed by atoms with Crippen molar-refractivity contribution < 1.29 is 15.3 Å². The second kappa shape index (κ2) is 15.2. The van der Waals surface area contributed by atoms with Gasteiger partial charge in [-0.3, -0.25) is 0 Å². The van der Waals surface area contributed by atoms with Gasteiger partial charge >= 0.3 is 0 Å². The Bertz CT molecular complexity index is 1430. The third kappa shape index (κ3) is 8.18. The lowest BCUT2D eigenvalue weighted by Gasteiger charge is -2.45. The molecular formula is C39H50O3S2. The van der Waals surface area contributed by atoms with Crippen LogP contribution in [0.25, 0.3) is 11.1 Å². The van der Waals surface area contributed by atoms with Gasteiger partial charge in [0.15, 0.2) is 0 Å². The minimum atomic E-state index is -1.56. The van der Waals surface area contributed by atoms with E-state index in [4.69, 9.17) is 0 Å². The summed E-state index contributed by atoms with van der Waals surface area (Å²) < 4.78 is 0. The van der Waals surface area contributed by atoms with Crippen LogP contribution in [0.2, 0.25) is 0 Å². The average molecular weight is 631 g/mol. The maximum absolute atomic E-state index is 11.9. The zero-order valence-corrected chi connectivity index (χ0v) is 29.1. The highest BCUT2D eigenvalue weighted by Gasteiger charge is 2.50. The van der Waals surface area contributed by atoms with Gasteiger partial charge in [0, 0.05) is 21.5 Å². The molecule has 3 N–H and O–H groups in total. The van der Waals surface area contributed by atoms with Crippen LogP contribution in [0.4, 0.5) is 0 Å². The van der Waals surface area contributed by atoms with Gasteiger partial charge in [0.25, 0.3) is 0 Å². The Hall–Kier alpha value is -2.54. The maximum Gasteiger partial charge on any atom is 0.129 e. The Morgan fingerprint density at radius 2 is 1.68 bits per heavy atom. The van der Waals surface area contributed by atoms with Gasteiger partial charge in [-0.15, -0.1) is 11.8 Å². The molecule has 0 fully saturated rings. The molecule has 1 aliphatic rings. The lowest BCUT2D eigenvalue weighted by Crippen LogP contribution is -2.55. The molecule has 0 saturated heterocycles. The number of thioether (sulfide) groups is 2. The molecule has 0 saturated carbocycles. The van der Waals surface area contributed by atoms with Crippen molar-refractivity contribution in [2.24, 2.45) is 5.92 Å². The molecule has 3 nitrogen and oxygen atoms in total. The Morgan fingerprint density at radius 3 is 2.25 bits per heavy atom. The molecule has 5 heteroatoms. The number of benzene rings is 2. The van der Waals surface area contributed by atoms with Crippen LogP contribution in [0.5, 0.6) is 0 Å². The van der Waals surface area contributed by atoms with Gasteiger partial charge in [-0.25, -0.2) is 0 Å². The lowest BCUT2D eigenvalue weighted by atomic mass is 9.73. The predicted molar refractivity (Wildman–Crippen MR) is 194 cm³/mol. The van der Waals surface area contributed by atoms with Crippen molar-refractivity contribution in [1.29, 1.82) is 0 Å². The van der Waals surface area contributed by atoms with E-state index in [-0.39, 0.29) is 11.8 Å². The van der Waals surface area contributed by atoms with E-state index in [1.807, 2.05) is 58.0 Å². The zero-order valence-electron chi connectivity index (χ0n) is 27.4. The van der Waals surface area contributed by atoms with Gasteiger partial charge in [-0.1, -0.05) is 131 Å². The number of rotatable bonds is 12. The fraction of sp³-hybridized carbons (Fsp3) is 0.385. The minimum absolute atomic E-state index is 0.173. The van der Waals surface area contributed by atoms with Gasteiger partial charge in [0.1, 0.15) is 11.2 Å². The van der Waals surface area contributed by atoms with Crippen molar-refractivity contribution in [3.05, 3.63) is 130 Å². The standard InChI is InChI=1S/C39H50O3S2/c1-10-15-35(37(8,40)23-11-2)43-24-22-28(5)36(33-20-18-32(19-21-33)31-16-13-12-14-17-31)34-25-29(6)44-30(7)39(42,27(3)4)38(9,41)26-34/h10,12-22,25-27,36,40-42H,1,7,11,23-24H2,2-6,8-9H3/b28-22+,29-25?,34-26?,35-15+. The van der Waals surface area contributed by atoms with E-state index in [1.165, 1.54) is 11.8 Å². The second-order valence-electron chi connectivity index (χ2n) is 12.5. The summed E-state index contributed by atoms with van der Waals surface area (Å²) >= 11 is 3.04. The van der Waals surface area contributed by atoms with Crippen molar-refractivity contribution in [2.75, 3.05) is 5.75 Å². The van der Waals surface area contributed by atoms with Crippen LogP contribution in [0.15, 0.2) is 124 Å². The first-order valence-electron chi connectivity index (χ1n) is 15.4. The Balaban J connectivity index is 2.13. The van der Waals surface area contributed by atoms with E-state index < -0.39 is 16.8 Å². The topological polar surface area (TPSA) is 60.7 Å². The van der Waals surface area contributed by atoms with E-state index in [9.17, 15) is 15.3 Å². The maximum atomic E-state index is 11.9. The Kier molecular flexibility index (Phi) is 12.4. The van der Waals surface area contributed by atoms with E-state index in [2.05, 4.69) is 75.6 Å². The van der Waals surface area contributed by atoms with Gasteiger partial charge < -0.3 is 15.3 Å². The van der Waals surface area contributed by atoms with Crippen LogP contribution in [0.1, 0.15) is 72.8 Å². The molecule has 0 bridgehead atoms. The fourth-order valence-electron chi connectivity index (χ4n) is 6.07. The van der Waals surface area contributed by atoms with Gasteiger partial charge in [0.05, 0.1) is 5.60 Å². The number of hydrogen-bond acceptors (Lipinski definition) is 5. The Labute approximate surface area is 274 Å². The quantitative estimate of drug-likeness (QED) is 0.161. The summed E-state index contributed by atoms with van der Waals surface area (Å²) in [6.45, 7) is 21.6. The van der Waals surface area contributed by atoms with Gasteiger partial charge in [-0.05, 0) is 79.4 Å². The van der Waals surface area contributed by atoms with E-state index >= 15 is 0 Å². The molecular weight excluding hydrogens is 581 g/mol. The van der Waals surface area contributed by atoms with Crippen molar-refractivity contribution in [1.82, 2.24) is 0 Å². The molecule has 2 aromatic carbocycles. The number of aliphatic hydroxyl groups is 3. The summed E-state index contributed by atoms with van der Waals surface area (Å²) in [5.41, 5.74) is 1.40. The van der Waals surface area contributed by atoms with Crippen LogP contribution in [-0.4, -0.2) is 37.9 Å². The minimum Gasteiger partial charge on any atom is -0.385 e. The average Bonchev–Trinajstić information content (AvgIpc) is 2.96. The normalized spacial score (nSPS) is 23.8. The third-order valence-corrected chi connectivity index (χ3v) is 10.7. The SMILES string of the molecule is C=C/C=C(/SC/C=C(\C)C(C1=CC(C)(O)C(O)(C(C)C)C(=C)SC(C)=C1)c1ccc(-c2ccccc2)cc1)C(C)(O)CCC. The van der Waals surface area contributed by atoms with Gasteiger partial charge in [-0.2, -0.15) is 0 Å². The summed E-state index contributed by atoms with van der Waals surface area (Å²) in [6.07, 6.45) is 11.3. The first-order chi connectivity index (χ1) is 20.7. The number of allylic oxidation sites excluding steroid dienone is 6. The highest BCUT2D eigenvalue weighted by Crippen LogP contribution is 2.48. The zero-order chi connectivity index (χ0) is 32.7. The molecule has 4 atom stereocenters. The molecule has 0 amide bonds. The molecule has 0 spiro atoms. The van der Waals surface area contributed by atoms with E-state index in [0.29, 0.717) is 17.1 Å². The summed E-state index contributed by atoms with van der Waals surface area (Å²) in [5, 5.41) is 34.9. The summed E-state index contributed by atoms with van der Waals surface area (Å²) in [6, 6.07) is 18.9. The second-order valence-corrected chi connectivity index (χ2v) is 14.9. The van der Waals surface area contributed by atoms with Crippen molar-refractivity contribution in [3.8, 4) is 11.1 Å². The first kappa shape index (κ1) is 35.9. The van der Waals surface area contributed by atoms with Crippen LogP contribution in [0, 0.1) is 5.92 Å². The smallest absolute Gasteiger partial charge is 0.129 e. The Morgan fingerprint density at radius 1 is 1.07 bits per heavy atom. The molecule has 4 unspecified atom stereocenters. The highest BCUT2D eigenvalue weighted by molar-refractivity contribution is 8.06. The molecule has 236 valence electrons. The fourth-order valence-corrected chi connectivity index (χ4v) is 8.38. The largest absolute Gasteiger partial charge is 0.385 e. The first-order valence-corrected chi connectivity index (χ1v) is 17.2. The molecule has 0 radical (unpaired) electrons. The van der Waals surface area contributed by atoms with Crippen molar-refractivity contribution >= 4 is 23.5 Å². The number of hydrogen-bond donors (Lipinski definition) is 3. The molecule has 1 heterocycles. The van der Waals surface area contributed by atoms with Gasteiger partial charge in [0.2, 0.25) is 0 Å². The summed E-state index contributed by atoms with van der Waals surface area (Å²) in [4.78, 5) is 2.42. The molecule has 0 aliphatic carbocycles. The van der Waals surface area contributed by atoms with Crippen LogP contribution < -0.4 is 0 Å². The molecule has 3 rings (SSSR count). The molecule has 0 aromatic heterocycles. The van der Waals surface area contributed by atoms with E-state index in [0.717, 1.165) is 44.1 Å². The monoisotopic (exact) mass is 630 g/mol. The summed E-state index contributed by atoms with van der Waals surface area (Å²) in [5.74, 6) is 0.231. The van der Waals surface area contributed by atoms with Crippen molar-refractivity contribution in [3.63, 3.8) is 0 Å².